The summed E-state index contributed by atoms with van der Waals surface area (Å²) in [6.45, 7) is 1.86. The molecular weight excluding hydrogens is 247 g/mol. The number of carbonyl (C=O) groups excluding carboxylic acids is 1. The van der Waals surface area contributed by atoms with Crippen molar-refractivity contribution in [2.45, 2.75) is 6.92 Å². The molecule has 0 unspecified atom stereocenters. The fourth-order valence-corrected chi connectivity index (χ4v) is 1.58. The van der Waals surface area contributed by atoms with Crippen LogP contribution in [-0.2, 0) is 0 Å². The molecule has 98 valence electrons. The van der Waals surface area contributed by atoms with Crippen molar-refractivity contribution >= 4 is 11.6 Å². The van der Waals surface area contributed by atoms with Crippen LogP contribution in [0.5, 0.6) is 5.75 Å². The van der Waals surface area contributed by atoms with Gasteiger partial charge in [-0.2, -0.15) is 4.39 Å². The second kappa shape index (κ2) is 5.48. The highest BCUT2D eigenvalue weighted by Gasteiger charge is 2.10. The molecule has 19 heavy (non-hydrogen) atoms. The quantitative estimate of drug-likeness (QED) is 0.863. The van der Waals surface area contributed by atoms with Crippen molar-refractivity contribution in [3.63, 3.8) is 0 Å². The highest BCUT2D eigenvalue weighted by Crippen LogP contribution is 2.22. The highest BCUT2D eigenvalue weighted by molar-refractivity contribution is 6.03. The number of hydrogen-bond donors (Lipinski definition) is 1. The number of amides is 1. The van der Waals surface area contributed by atoms with Crippen molar-refractivity contribution < 1.29 is 13.9 Å². The van der Waals surface area contributed by atoms with Gasteiger partial charge in [-0.15, -0.1) is 0 Å². The number of aromatic nitrogens is 1. The van der Waals surface area contributed by atoms with Crippen LogP contribution in [0, 0.1) is 12.9 Å². The van der Waals surface area contributed by atoms with Gasteiger partial charge in [0, 0.05) is 11.8 Å². The Hall–Kier alpha value is -2.43. The zero-order valence-electron chi connectivity index (χ0n) is 10.6. The zero-order valence-corrected chi connectivity index (χ0v) is 10.6. The van der Waals surface area contributed by atoms with Crippen LogP contribution in [-0.4, -0.2) is 18.0 Å². The van der Waals surface area contributed by atoms with E-state index in [1.165, 1.54) is 18.2 Å². The van der Waals surface area contributed by atoms with E-state index in [0.29, 0.717) is 11.4 Å². The summed E-state index contributed by atoms with van der Waals surface area (Å²) in [7, 11) is 1.55. The zero-order chi connectivity index (χ0) is 13.8. The second-order valence-corrected chi connectivity index (χ2v) is 3.98. The molecule has 0 bridgehead atoms. The summed E-state index contributed by atoms with van der Waals surface area (Å²) in [5.41, 5.74) is 1.52. The van der Waals surface area contributed by atoms with Crippen LogP contribution < -0.4 is 10.1 Å². The number of carbonyl (C=O) groups is 1. The minimum atomic E-state index is -0.685. The predicted octanol–water partition coefficient (Wildman–Crippen LogP) is 2.79. The van der Waals surface area contributed by atoms with Crippen molar-refractivity contribution in [3.05, 3.63) is 53.6 Å². The Bertz CT molecular complexity index is 614. The maximum absolute atomic E-state index is 13.0. The van der Waals surface area contributed by atoms with Gasteiger partial charge in [-0.25, -0.2) is 4.98 Å². The van der Waals surface area contributed by atoms with Crippen LogP contribution in [0.3, 0.4) is 0 Å². The lowest BCUT2D eigenvalue weighted by Gasteiger charge is -2.09. The van der Waals surface area contributed by atoms with Crippen molar-refractivity contribution in [3.8, 4) is 5.75 Å². The highest BCUT2D eigenvalue weighted by atomic mass is 19.1. The standard InChI is InChI=1S/C14H13FN2O2/c1-9-6-7-10(19-2)8-12(9)17-14(18)11-4-3-5-13(15)16-11/h3-8H,1-2H3,(H,17,18). The summed E-state index contributed by atoms with van der Waals surface area (Å²) in [4.78, 5) is 15.5. The lowest BCUT2D eigenvalue weighted by molar-refractivity contribution is 0.102. The number of hydrogen-bond acceptors (Lipinski definition) is 3. The van der Waals surface area contributed by atoms with E-state index in [1.54, 1.807) is 19.2 Å². The Morgan fingerprint density at radius 2 is 2.11 bits per heavy atom. The summed E-state index contributed by atoms with van der Waals surface area (Å²) in [6, 6.07) is 9.41. The number of methoxy groups -OCH3 is 1. The summed E-state index contributed by atoms with van der Waals surface area (Å²) in [5, 5.41) is 2.68. The van der Waals surface area contributed by atoms with Crippen LogP contribution in [0.1, 0.15) is 16.1 Å². The Balaban J connectivity index is 2.23. The lowest BCUT2D eigenvalue weighted by Crippen LogP contribution is -2.14. The SMILES string of the molecule is COc1ccc(C)c(NC(=O)c2cccc(F)n2)c1. The Kier molecular flexibility index (Phi) is 3.75. The molecule has 1 N–H and O–H groups in total. The molecule has 2 rings (SSSR count). The molecule has 0 aliphatic carbocycles. The first kappa shape index (κ1) is 13.0. The van der Waals surface area contributed by atoms with Crippen molar-refractivity contribution in [2.75, 3.05) is 12.4 Å². The van der Waals surface area contributed by atoms with E-state index < -0.39 is 11.9 Å². The first-order chi connectivity index (χ1) is 9.10. The fraction of sp³-hybridized carbons (Fsp3) is 0.143. The van der Waals surface area contributed by atoms with Gasteiger partial charge in [-0.3, -0.25) is 4.79 Å². The smallest absolute Gasteiger partial charge is 0.274 e. The molecule has 0 aliphatic rings. The number of nitrogens with one attached hydrogen (secondary N) is 1. The third kappa shape index (κ3) is 3.07. The second-order valence-electron chi connectivity index (χ2n) is 3.98. The first-order valence-corrected chi connectivity index (χ1v) is 5.68. The summed E-state index contributed by atoms with van der Waals surface area (Å²) in [6.07, 6.45) is 0. The molecule has 0 spiro atoms. The molecule has 1 aromatic heterocycles. The average Bonchev–Trinajstić information content (AvgIpc) is 2.41. The molecule has 5 heteroatoms. The molecule has 0 atom stereocenters. The van der Waals surface area contributed by atoms with Crippen LogP contribution in [0.25, 0.3) is 0 Å². The average molecular weight is 260 g/mol. The van der Waals surface area contributed by atoms with Crippen LogP contribution in [0.4, 0.5) is 10.1 Å². The minimum absolute atomic E-state index is 0.0298. The largest absolute Gasteiger partial charge is 0.497 e. The third-order valence-corrected chi connectivity index (χ3v) is 2.64. The van der Waals surface area contributed by atoms with Gasteiger partial charge in [0.15, 0.2) is 0 Å². The third-order valence-electron chi connectivity index (χ3n) is 2.64. The normalized spacial score (nSPS) is 10.1. The number of rotatable bonds is 3. The molecule has 1 heterocycles. The van der Waals surface area contributed by atoms with E-state index in [0.717, 1.165) is 5.56 Å². The van der Waals surface area contributed by atoms with Crippen molar-refractivity contribution in [1.29, 1.82) is 0 Å². The van der Waals surface area contributed by atoms with E-state index in [2.05, 4.69) is 10.3 Å². The van der Waals surface area contributed by atoms with E-state index in [-0.39, 0.29) is 5.69 Å². The number of aryl methyl sites for hydroxylation is 1. The number of halogens is 1. The molecule has 0 saturated carbocycles. The van der Waals surface area contributed by atoms with E-state index in [9.17, 15) is 9.18 Å². The van der Waals surface area contributed by atoms with Gasteiger partial charge < -0.3 is 10.1 Å². The number of nitrogens with zero attached hydrogens (tertiary/aromatic N) is 1. The van der Waals surface area contributed by atoms with Gasteiger partial charge in [0.2, 0.25) is 5.95 Å². The van der Waals surface area contributed by atoms with Gasteiger partial charge in [0.25, 0.3) is 5.91 Å². The topological polar surface area (TPSA) is 51.2 Å². The molecule has 0 radical (unpaired) electrons. The maximum Gasteiger partial charge on any atom is 0.274 e. The van der Waals surface area contributed by atoms with E-state index in [1.807, 2.05) is 13.0 Å². The summed E-state index contributed by atoms with van der Waals surface area (Å²) in [5.74, 6) is -0.515. The molecule has 4 nitrogen and oxygen atoms in total. The molecule has 2 aromatic rings. The van der Waals surface area contributed by atoms with Crippen LogP contribution in [0.15, 0.2) is 36.4 Å². The molecule has 0 aliphatic heterocycles. The van der Waals surface area contributed by atoms with Gasteiger partial charge in [0.1, 0.15) is 11.4 Å². The van der Waals surface area contributed by atoms with Gasteiger partial charge in [-0.1, -0.05) is 12.1 Å². The molecular formula is C14H13FN2O2. The molecule has 1 aromatic carbocycles. The predicted molar refractivity (Wildman–Crippen MR) is 69.9 cm³/mol. The first-order valence-electron chi connectivity index (χ1n) is 5.68. The molecule has 0 fully saturated rings. The Labute approximate surface area is 110 Å². The number of pyridine rings is 1. The van der Waals surface area contributed by atoms with Gasteiger partial charge in [0.05, 0.1) is 7.11 Å². The summed E-state index contributed by atoms with van der Waals surface area (Å²) < 4.78 is 18.0. The number of benzene rings is 1. The van der Waals surface area contributed by atoms with E-state index in [4.69, 9.17) is 4.74 Å². The monoisotopic (exact) mass is 260 g/mol. The van der Waals surface area contributed by atoms with Crippen LogP contribution >= 0.6 is 0 Å². The molecule has 0 saturated heterocycles. The van der Waals surface area contributed by atoms with Crippen LogP contribution in [0.2, 0.25) is 0 Å². The lowest BCUT2D eigenvalue weighted by atomic mass is 10.2. The summed E-state index contributed by atoms with van der Waals surface area (Å²) >= 11 is 0. The maximum atomic E-state index is 13.0. The number of anilines is 1. The Morgan fingerprint density at radius 3 is 2.79 bits per heavy atom. The molecule has 1 amide bonds. The van der Waals surface area contributed by atoms with Gasteiger partial charge in [-0.05, 0) is 30.7 Å². The minimum Gasteiger partial charge on any atom is -0.497 e. The number of ether oxygens (including phenoxy) is 1. The van der Waals surface area contributed by atoms with Crippen molar-refractivity contribution in [1.82, 2.24) is 4.98 Å². The van der Waals surface area contributed by atoms with E-state index >= 15 is 0 Å². The Morgan fingerprint density at radius 1 is 1.32 bits per heavy atom. The van der Waals surface area contributed by atoms with Crippen molar-refractivity contribution in [2.24, 2.45) is 0 Å². The van der Waals surface area contributed by atoms with Gasteiger partial charge >= 0.3 is 0 Å². The fourth-order valence-electron chi connectivity index (χ4n) is 1.58.